The summed E-state index contributed by atoms with van der Waals surface area (Å²) in [6, 6.07) is 16.4. The molecule has 0 unspecified atom stereocenters. The van der Waals surface area contributed by atoms with E-state index in [1.54, 1.807) is 0 Å². The minimum Gasteiger partial charge on any atom is -0.346 e. The van der Waals surface area contributed by atoms with Crippen molar-refractivity contribution in [3.8, 4) is 33.6 Å². The van der Waals surface area contributed by atoms with E-state index < -0.39 is 12.1 Å². The first kappa shape index (κ1) is 31.0. The minimum absolute atomic E-state index is 0.0385. The van der Waals surface area contributed by atoms with E-state index in [9.17, 15) is 9.59 Å². The van der Waals surface area contributed by atoms with Crippen LogP contribution in [-0.2, 0) is 9.59 Å². The van der Waals surface area contributed by atoms with Gasteiger partial charge in [0.05, 0.1) is 41.8 Å². The molecule has 8 atom stereocenters. The van der Waals surface area contributed by atoms with Crippen LogP contribution >= 0.6 is 0 Å². The number of fused-ring (bicyclic) bond motifs is 2. The van der Waals surface area contributed by atoms with Crippen LogP contribution in [0.1, 0.15) is 77.1 Å². The van der Waals surface area contributed by atoms with Gasteiger partial charge >= 0.3 is 0 Å². The van der Waals surface area contributed by atoms with Gasteiger partial charge in [0.25, 0.3) is 0 Å². The van der Waals surface area contributed by atoms with E-state index in [0.717, 1.165) is 71.0 Å². The average Bonchev–Trinajstić information content (AvgIpc) is 3.69. The number of amides is 2. The zero-order chi connectivity index (χ0) is 33.4. The van der Waals surface area contributed by atoms with E-state index in [2.05, 4.69) is 58.5 Å². The molecule has 2 aromatic heterocycles. The first-order valence-electron chi connectivity index (χ1n) is 17.6. The number of nitrogens with two attached hydrogens (primary N) is 2. The first-order chi connectivity index (χ1) is 23.1. The molecule has 4 aromatic rings. The number of benzene rings is 2. The number of H-pyrrole nitrogens is 2. The Morgan fingerprint density at radius 1 is 0.708 bits per heavy atom. The summed E-state index contributed by atoms with van der Waals surface area (Å²) in [6.45, 7) is 7.99. The lowest BCUT2D eigenvalue weighted by Crippen LogP contribution is -2.47. The van der Waals surface area contributed by atoms with Crippen LogP contribution in [-0.4, -0.2) is 65.7 Å². The highest BCUT2D eigenvalue weighted by Gasteiger charge is 2.57. The van der Waals surface area contributed by atoms with Crippen LogP contribution in [0.5, 0.6) is 0 Å². The summed E-state index contributed by atoms with van der Waals surface area (Å²) >= 11 is 0. The third-order valence-electron chi connectivity index (χ3n) is 11.3. The Morgan fingerprint density at radius 2 is 1.19 bits per heavy atom. The highest BCUT2D eigenvalue weighted by atomic mass is 16.2. The van der Waals surface area contributed by atoms with Crippen LogP contribution in [0.15, 0.2) is 60.9 Å². The summed E-state index contributed by atoms with van der Waals surface area (Å²) < 4.78 is 0. The van der Waals surface area contributed by atoms with Crippen molar-refractivity contribution in [2.75, 3.05) is 0 Å². The molecule has 6 N–H and O–H groups in total. The zero-order valence-corrected chi connectivity index (χ0v) is 28.1. The van der Waals surface area contributed by atoms with Gasteiger partial charge < -0.3 is 31.2 Å². The van der Waals surface area contributed by atoms with Gasteiger partial charge in [-0.05, 0) is 66.0 Å². The molecule has 10 nitrogen and oxygen atoms in total. The maximum Gasteiger partial charge on any atom is 0.240 e. The summed E-state index contributed by atoms with van der Waals surface area (Å²) in [5, 5.41) is 0. The van der Waals surface area contributed by atoms with Crippen LogP contribution in [0, 0.1) is 23.7 Å². The Balaban J connectivity index is 0.943. The third kappa shape index (κ3) is 5.35. The molecule has 2 aliphatic heterocycles. The number of aromatic amines is 2. The normalized spacial score (nSPS) is 26.9. The monoisotopic (exact) mass is 646 g/mol. The molecule has 0 radical (unpaired) electrons. The van der Waals surface area contributed by atoms with Crippen molar-refractivity contribution in [2.24, 2.45) is 35.1 Å². The number of nitrogens with zero attached hydrogens (tertiary/aromatic N) is 4. The SMILES string of the molecule is CC(C)[C@H](N)C(=O)N1[C@@H]2C[C@@H]2C[C@H]1c1nc(-c2ccc(-c3ccc(-c4cnc([C@@H]5C[C@@H]6C[C@H]6N5C(=O)[C@@H](N)C(C)C)[nH]4)cc3)cc2)c[nH]1. The van der Waals surface area contributed by atoms with E-state index in [1.165, 1.54) is 0 Å². The zero-order valence-electron chi connectivity index (χ0n) is 28.1. The Bertz CT molecular complexity index is 1690. The summed E-state index contributed by atoms with van der Waals surface area (Å²) in [5.74, 6) is 3.07. The van der Waals surface area contributed by atoms with Crippen molar-refractivity contribution < 1.29 is 9.59 Å². The van der Waals surface area contributed by atoms with Crippen molar-refractivity contribution in [3.05, 3.63) is 72.6 Å². The fraction of sp³-hybridized carbons (Fsp3) is 0.474. The van der Waals surface area contributed by atoms with Gasteiger partial charge in [-0.3, -0.25) is 9.59 Å². The maximum atomic E-state index is 13.2. The van der Waals surface area contributed by atoms with Gasteiger partial charge in [-0.25, -0.2) is 9.97 Å². The molecule has 0 spiro atoms. The summed E-state index contributed by atoms with van der Waals surface area (Å²) in [5.41, 5.74) is 18.7. The number of nitrogens with one attached hydrogen (secondary N) is 2. The van der Waals surface area contributed by atoms with Gasteiger partial charge in [-0.15, -0.1) is 0 Å². The molecule has 10 heteroatoms. The number of rotatable bonds is 9. The predicted octanol–water partition coefficient (Wildman–Crippen LogP) is 5.42. The second-order valence-corrected chi connectivity index (χ2v) is 15.2. The molecule has 4 fully saturated rings. The lowest BCUT2D eigenvalue weighted by Gasteiger charge is -2.30. The molecular weight excluding hydrogens is 600 g/mol. The number of hydrogen-bond donors (Lipinski definition) is 4. The summed E-state index contributed by atoms with van der Waals surface area (Å²) in [4.78, 5) is 47.0. The van der Waals surface area contributed by atoms with Crippen LogP contribution in [0.4, 0.5) is 0 Å². The molecular formula is C38H46N8O2. The fourth-order valence-electron chi connectivity index (χ4n) is 7.93. The average molecular weight is 647 g/mol. The molecule has 2 aromatic carbocycles. The van der Waals surface area contributed by atoms with Gasteiger partial charge in [-0.1, -0.05) is 76.2 Å². The smallest absolute Gasteiger partial charge is 0.240 e. The highest BCUT2D eigenvalue weighted by molar-refractivity contribution is 5.84. The number of hydrogen-bond acceptors (Lipinski definition) is 6. The van der Waals surface area contributed by atoms with Crippen molar-refractivity contribution in [2.45, 2.75) is 89.6 Å². The van der Waals surface area contributed by atoms with Gasteiger partial charge in [0.15, 0.2) is 0 Å². The Hall–Kier alpha value is -4.28. The lowest BCUT2D eigenvalue weighted by molar-refractivity contribution is -0.136. The third-order valence-corrected chi connectivity index (χ3v) is 11.3. The van der Waals surface area contributed by atoms with Crippen molar-refractivity contribution in [1.29, 1.82) is 0 Å². The molecule has 2 aliphatic carbocycles. The standard InChI is InChI=1S/C38H46N8O2/c1-19(2)33(39)37(47)45-29-13-25(29)15-31(45)35-41-17-27(43-35)23-9-5-21(6-10-23)22-7-11-24(12-8-22)28-18-42-36(44-28)32-16-26-14-30(26)46(32)38(48)34(40)20(3)4/h5-12,17-20,25-26,29-34H,13-16,39-40H2,1-4H3,(H,41,43)(H,42,44)/t25-,26+,29-,30-,31+,32+,33+,34+/m1/s1. The van der Waals surface area contributed by atoms with Gasteiger partial charge in [0, 0.05) is 23.8 Å². The summed E-state index contributed by atoms with van der Waals surface area (Å²) in [6.07, 6.45) is 7.83. The molecule has 4 heterocycles. The number of piperidine rings is 2. The predicted molar refractivity (Wildman–Crippen MR) is 185 cm³/mol. The highest BCUT2D eigenvalue weighted by Crippen LogP contribution is 2.54. The summed E-state index contributed by atoms with van der Waals surface area (Å²) in [7, 11) is 0. The van der Waals surface area contributed by atoms with Gasteiger partial charge in [-0.2, -0.15) is 0 Å². The maximum absolute atomic E-state index is 13.2. The Morgan fingerprint density at radius 3 is 1.71 bits per heavy atom. The van der Waals surface area contributed by atoms with Crippen molar-refractivity contribution >= 4 is 11.8 Å². The molecule has 2 saturated carbocycles. The quantitative estimate of drug-likeness (QED) is 0.191. The molecule has 2 amide bonds. The van der Waals surface area contributed by atoms with E-state index in [0.29, 0.717) is 23.9 Å². The van der Waals surface area contributed by atoms with E-state index in [1.807, 2.05) is 49.9 Å². The fourth-order valence-corrected chi connectivity index (χ4v) is 7.93. The number of likely N-dealkylation sites (tertiary alicyclic amines) is 2. The van der Waals surface area contributed by atoms with Crippen molar-refractivity contribution in [3.63, 3.8) is 0 Å². The van der Waals surface area contributed by atoms with Crippen LogP contribution < -0.4 is 11.5 Å². The Labute approximate surface area is 281 Å². The minimum atomic E-state index is -0.487. The molecule has 4 aliphatic rings. The largest absolute Gasteiger partial charge is 0.346 e. The molecule has 2 saturated heterocycles. The van der Waals surface area contributed by atoms with Crippen LogP contribution in [0.25, 0.3) is 33.6 Å². The molecule has 0 bridgehead atoms. The second-order valence-electron chi connectivity index (χ2n) is 15.2. The van der Waals surface area contributed by atoms with E-state index in [-0.39, 0.29) is 35.7 Å². The number of carbonyl (C=O) groups is 2. The van der Waals surface area contributed by atoms with Crippen molar-refractivity contribution in [1.82, 2.24) is 29.7 Å². The van der Waals surface area contributed by atoms with Crippen LogP contribution in [0.3, 0.4) is 0 Å². The van der Waals surface area contributed by atoms with E-state index >= 15 is 0 Å². The Kier molecular flexibility index (Phi) is 7.56. The number of aromatic nitrogens is 4. The van der Waals surface area contributed by atoms with Gasteiger partial charge in [0.2, 0.25) is 11.8 Å². The van der Waals surface area contributed by atoms with Gasteiger partial charge in [0.1, 0.15) is 11.6 Å². The molecule has 250 valence electrons. The van der Waals surface area contributed by atoms with Crippen LogP contribution in [0.2, 0.25) is 0 Å². The first-order valence-corrected chi connectivity index (χ1v) is 17.6. The molecule has 8 rings (SSSR count). The topological polar surface area (TPSA) is 150 Å². The second kappa shape index (κ2) is 11.7. The number of carbonyl (C=O) groups excluding carboxylic acids is 2. The van der Waals surface area contributed by atoms with E-state index in [4.69, 9.17) is 21.4 Å². The molecule has 48 heavy (non-hydrogen) atoms. The number of imidazole rings is 2. The lowest BCUT2D eigenvalue weighted by atomic mass is 10.0.